The van der Waals surface area contributed by atoms with Crippen LogP contribution in [0.4, 0.5) is 17.1 Å². The van der Waals surface area contributed by atoms with Crippen LogP contribution in [0.3, 0.4) is 0 Å². The van der Waals surface area contributed by atoms with Crippen LogP contribution >= 0.6 is 0 Å². The second-order valence-electron chi connectivity index (χ2n) is 6.77. The molecule has 0 aliphatic carbocycles. The van der Waals surface area contributed by atoms with Crippen molar-refractivity contribution >= 4 is 33.9 Å². The summed E-state index contributed by atoms with van der Waals surface area (Å²) in [7, 11) is 0. The van der Waals surface area contributed by atoms with Crippen LogP contribution in [0, 0.1) is 0 Å². The molecule has 4 aromatic rings. The Morgan fingerprint density at radius 3 is 2.71 bits per heavy atom. The van der Waals surface area contributed by atoms with Crippen LogP contribution in [0.5, 0.6) is 0 Å². The molecular formula is C23H18N4O. The van der Waals surface area contributed by atoms with Gasteiger partial charge in [0.25, 0.3) is 5.91 Å². The van der Waals surface area contributed by atoms with Gasteiger partial charge in [0.1, 0.15) is 5.69 Å². The summed E-state index contributed by atoms with van der Waals surface area (Å²) in [5, 5.41) is 4.42. The standard InChI is InChI=1S/C23H18N4O/c28-23(27-14-12-16-5-1-2-9-21(16)27)20-11-10-18(15-25-20)26-19-8-3-6-17-7-4-13-24-22(17)19/h1-11,13,15,26H,12,14H2. The monoisotopic (exact) mass is 366 g/mol. The van der Waals surface area contributed by atoms with E-state index in [1.54, 1.807) is 23.4 Å². The van der Waals surface area contributed by atoms with Crippen molar-refractivity contribution in [1.82, 2.24) is 9.97 Å². The van der Waals surface area contributed by atoms with Crippen molar-refractivity contribution in [3.63, 3.8) is 0 Å². The zero-order valence-corrected chi connectivity index (χ0v) is 15.2. The van der Waals surface area contributed by atoms with Gasteiger partial charge in [-0.25, -0.2) is 4.98 Å². The number of nitrogens with zero attached hydrogens (tertiary/aromatic N) is 3. The molecule has 2 aromatic heterocycles. The third kappa shape index (κ3) is 2.87. The maximum atomic E-state index is 12.9. The van der Waals surface area contributed by atoms with Crippen LogP contribution in [0.2, 0.25) is 0 Å². The number of hydrogen-bond acceptors (Lipinski definition) is 4. The van der Waals surface area contributed by atoms with Crippen LogP contribution in [0.25, 0.3) is 10.9 Å². The number of anilines is 3. The van der Waals surface area contributed by atoms with Crippen LogP contribution in [0.1, 0.15) is 16.1 Å². The molecule has 1 aliphatic rings. The number of fused-ring (bicyclic) bond motifs is 2. The molecule has 1 aliphatic heterocycles. The van der Waals surface area contributed by atoms with Crippen LogP contribution < -0.4 is 10.2 Å². The lowest BCUT2D eigenvalue weighted by Crippen LogP contribution is -2.29. The fourth-order valence-corrected chi connectivity index (χ4v) is 3.64. The number of rotatable bonds is 3. The summed E-state index contributed by atoms with van der Waals surface area (Å²) in [6.45, 7) is 0.696. The van der Waals surface area contributed by atoms with Crippen LogP contribution in [-0.2, 0) is 6.42 Å². The summed E-state index contributed by atoms with van der Waals surface area (Å²) < 4.78 is 0. The summed E-state index contributed by atoms with van der Waals surface area (Å²) in [5.74, 6) is -0.0664. The van der Waals surface area contributed by atoms with E-state index in [0.29, 0.717) is 12.2 Å². The third-order valence-corrected chi connectivity index (χ3v) is 5.03. The first kappa shape index (κ1) is 16.4. The Hall–Kier alpha value is -3.73. The number of nitrogens with one attached hydrogen (secondary N) is 1. The van der Waals surface area contributed by atoms with E-state index in [4.69, 9.17) is 0 Å². The van der Waals surface area contributed by atoms with Crippen molar-refractivity contribution in [3.05, 3.63) is 90.4 Å². The molecule has 0 spiro atoms. The van der Waals surface area contributed by atoms with Gasteiger partial charge in [-0.2, -0.15) is 0 Å². The number of benzene rings is 2. The molecule has 5 rings (SSSR count). The molecule has 1 amide bonds. The average molecular weight is 366 g/mol. The highest BCUT2D eigenvalue weighted by Crippen LogP contribution is 2.29. The van der Waals surface area contributed by atoms with Gasteiger partial charge in [0, 0.05) is 23.8 Å². The Morgan fingerprint density at radius 2 is 1.82 bits per heavy atom. The van der Waals surface area contributed by atoms with Gasteiger partial charge in [-0.3, -0.25) is 9.78 Å². The minimum absolute atomic E-state index is 0.0664. The fraction of sp³-hybridized carbons (Fsp3) is 0.0870. The fourth-order valence-electron chi connectivity index (χ4n) is 3.64. The molecule has 0 saturated carbocycles. The van der Waals surface area contributed by atoms with Crippen molar-refractivity contribution in [2.75, 3.05) is 16.8 Å². The van der Waals surface area contributed by atoms with Gasteiger partial charge in [0.2, 0.25) is 0 Å². The summed E-state index contributed by atoms with van der Waals surface area (Å²) in [6.07, 6.45) is 4.36. The SMILES string of the molecule is O=C(c1ccc(Nc2cccc3cccnc23)cn1)N1CCc2ccccc21. The maximum absolute atomic E-state index is 12.9. The highest BCUT2D eigenvalue weighted by Gasteiger charge is 2.25. The second kappa shape index (κ2) is 6.78. The van der Waals surface area contributed by atoms with Crippen molar-refractivity contribution < 1.29 is 4.79 Å². The average Bonchev–Trinajstić information content (AvgIpc) is 3.18. The molecule has 0 unspecified atom stereocenters. The van der Waals surface area contributed by atoms with E-state index in [-0.39, 0.29) is 5.91 Å². The van der Waals surface area contributed by atoms with E-state index >= 15 is 0 Å². The normalized spacial score (nSPS) is 12.8. The Balaban J connectivity index is 1.38. The molecule has 3 heterocycles. The molecule has 5 heteroatoms. The molecule has 0 radical (unpaired) electrons. The Kier molecular flexibility index (Phi) is 3.98. The quantitative estimate of drug-likeness (QED) is 0.577. The Labute approximate surface area is 162 Å². The number of amides is 1. The van der Waals surface area contributed by atoms with Gasteiger partial charge >= 0.3 is 0 Å². The molecular weight excluding hydrogens is 348 g/mol. The number of carbonyl (C=O) groups is 1. The molecule has 5 nitrogen and oxygen atoms in total. The summed E-state index contributed by atoms with van der Waals surface area (Å²) in [6, 6.07) is 21.6. The van der Waals surface area contributed by atoms with Crippen molar-refractivity contribution in [2.24, 2.45) is 0 Å². The third-order valence-electron chi connectivity index (χ3n) is 5.03. The highest BCUT2D eigenvalue weighted by molar-refractivity contribution is 6.06. The summed E-state index contributed by atoms with van der Waals surface area (Å²) >= 11 is 0. The van der Waals surface area contributed by atoms with E-state index in [1.807, 2.05) is 54.6 Å². The minimum atomic E-state index is -0.0664. The van der Waals surface area contributed by atoms with Gasteiger partial charge in [-0.15, -0.1) is 0 Å². The first-order valence-corrected chi connectivity index (χ1v) is 9.26. The zero-order valence-electron chi connectivity index (χ0n) is 15.2. The van der Waals surface area contributed by atoms with E-state index in [2.05, 4.69) is 21.4 Å². The molecule has 0 bridgehead atoms. The van der Waals surface area contributed by atoms with Gasteiger partial charge in [-0.05, 0) is 42.3 Å². The van der Waals surface area contributed by atoms with E-state index < -0.39 is 0 Å². The predicted octanol–water partition coefficient (Wildman–Crippen LogP) is 4.58. The van der Waals surface area contributed by atoms with E-state index in [1.165, 1.54) is 5.56 Å². The van der Waals surface area contributed by atoms with Crippen LogP contribution in [0.15, 0.2) is 79.1 Å². The Bertz CT molecular complexity index is 1170. The molecule has 2 aromatic carbocycles. The lowest BCUT2D eigenvalue weighted by molar-refractivity contribution is 0.0984. The number of pyridine rings is 2. The summed E-state index contributed by atoms with van der Waals surface area (Å²) in [4.78, 5) is 23.5. The summed E-state index contributed by atoms with van der Waals surface area (Å²) in [5.41, 5.74) is 5.26. The second-order valence-corrected chi connectivity index (χ2v) is 6.77. The van der Waals surface area contributed by atoms with E-state index in [9.17, 15) is 4.79 Å². The van der Waals surface area contributed by atoms with Crippen molar-refractivity contribution in [1.29, 1.82) is 0 Å². The highest BCUT2D eigenvalue weighted by atomic mass is 16.2. The maximum Gasteiger partial charge on any atom is 0.276 e. The predicted molar refractivity (Wildman–Crippen MR) is 111 cm³/mol. The number of carbonyl (C=O) groups excluding carboxylic acids is 1. The molecule has 0 saturated heterocycles. The van der Waals surface area contributed by atoms with E-state index in [0.717, 1.165) is 34.4 Å². The van der Waals surface area contributed by atoms with Crippen LogP contribution in [-0.4, -0.2) is 22.4 Å². The smallest absolute Gasteiger partial charge is 0.276 e. The largest absolute Gasteiger partial charge is 0.352 e. The first-order chi connectivity index (χ1) is 13.8. The molecule has 136 valence electrons. The number of para-hydroxylation sites is 2. The lowest BCUT2D eigenvalue weighted by Gasteiger charge is -2.17. The van der Waals surface area contributed by atoms with Gasteiger partial charge in [0.15, 0.2) is 0 Å². The Morgan fingerprint density at radius 1 is 0.929 bits per heavy atom. The molecule has 1 N–H and O–H groups in total. The van der Waals surface area contributed by atoms with Gasteiger partial charge in [0.05, 0.1) is 23.1 Å². The van der Waals surface area contributed by atoms with Gasteiger partial charge < -0.3 is 10.2 Å². The zero-order chi connectivity index (χ0) is 18.9. The number of hydrogen-bond donors (Lipinski definition) is 1. The first-order valence-electron chi connectivity index (χ1n) is 9.26. The lowest BCUT2D eigenvalue weighted by atomic mass is 10.2. The number of aromatic nitrogens is 2. The molecule has 28 heavy (non-hydrogen) atoms. The topological polar surface area (TPSA) is 58.1 Å². The van der Waals surface area contributed by atoms with Crippen molar-refractivity contribution in [2.45, 2.75) is 6.42 Å². The molecule has 0 atom stereocenters. The van der Waals surface area contributed by atoms with Gasteiger partial charge in [-0.1, -0.05) is 36.4 Å². The van der Waals surface area contributed by atoms with Crippen molar-refractivity contribution in [3.8, 4) is 0 Å². The minimum Gasteiger partial charge on any atom is -0.352 e. The molecule has 0 fully saturated rings.